The molecule has 1 N–H and O–H groups in total. The number of nitrogens with one attached hydrogen (secondary N) is 1. The molecule has 3 aliphatic heterocycles. The van der Waals surface area contributed by atoms with Crippen LogP contribution in [0.5, 0.6) is 0 Å². The van der Waals surface area contributed by atoms with Crippen molar-refractivity contribution >= 4 is 6.03 Å². The molecule has 3 saturated heterocycles. The lowest BCUT2D eigenvalue weighted by molar-refractivity contribution is 0.0576. The van der Waals surface area contributed by atoms with Crippen molar-refractivity contribution in [3.05, 3.63) is 0 Å². The van der Waals surface area contributed by atoms with Gasteiger partial charge in [-0.25, -0.2) is 4.79 Å². The Bertz CT molecular complexity index is 461. The normalized spacial score (nSPS) is 37.7. The third-order valence-electron chi connectivity index (χ3n) is 6.78. The van der Waals surface area contributed by atoms with Gasteiger partial charge in [0.2, 0.25) is 0 Å². The van der Waals surface area contributed by atoms with Gasteiger partial charge in [-0.3, -0.25) is 0 Å². The molecule has 4 fully saturated rings. The van der Waals surface area contributed by atoms with Crippen molar-refractivity contribution in [2.24, 2.45) is 11.8 Å². The van der Waals surface area contributed by atoms with Gasteiger partial charge in [0.1, 0.15) is 0 Å². The molecular formula is C19H33N3O2. The summed E-state index contributed by atoms with van der Waals surface area (Å²) in [4.78, 5) is 17.6. The lowest BCUT2D eigenvalue weighted by Gasteiger charge is -2.36. The molecule has 3 atom stereocenters. The van der Waals surface area contributed by atoms with Gasteiger partial charge in [0.15, 0.2) is 0 Å². The molecule has 0 aromatic heterocycles. The third-order valence-corrected chi connectivity index (χ3v) is 6.78. The Balaban J connectivity index is 1.51. The molecule has 3 heterocycles. The smallest absolute Gasteiger partial charge is 0.320 e. The first-order chi connectivity index (χ1) is 11.6. The predicted molar refractivity (Wildman–Crippen MR) is 94.0 cm³/mol. The van der Waals surface area contributed by atoms with E-state index < -0.39 is 0 Å². The maximum absolute atomic E-state index is 13.2. The molecule has 0 aromatic carbocycles. The van der Waals surface area contributed by atoms with Crippen LogP contribution in [0.4, 0.5) is 4.79 Å². The molecule has 136 valence electrons. The summed E-state index contributed by atoms with van der Waals surface area (Å²) in [5.41, 5.74) is 0.0725. The van der Waals surface area contributed by atoms with Crippen molar-refractivity contribution in [2.75, 3.05) is 32.8 Å². The van der Waals surface area contributed by atoms with Gasteiger partial charge in [-0.15, -0.1) is 0 Å². The number of carbonyl (C=O) groups is 1. The molecule has 24 heavy (non-hydrogen) atoms. The number of carbonyl (C=O) groups excluding carboxylic acids is 1. The standard InChI is InChI=1S/C19H33N3O2/c1-14(2)22-18(23)21(12-15-5-8-24-9-6-15)13-19(22)10-16-4-3-7-20-17(16)11-19/h14-17,20H,3-13H2,1-2H3. The Morgan fingerprint density at radius 3 is 2.75 bits per heavy atom. The van der Waals surface area contributed by atoms with Crippen molar-refractivity contribution in [3.8, 4) is 0 Å². The highest BCUT2D eigenvalue weighted by Gasteiger charge is 2.57. The second-order valence-corrected chi connectivity index (χ2v) is 8.78. The Kier molecular flexibility index (Phi) is 4.50. The molecule has 0 radical (unpaired) electrons. The minimum Gasteiger partial charge on any atom is -0.381 e. The van der Waals surface area contributed by atoms with Crippen molar-refractivity contribution in [1.82, 2.24) is 15.1 Å². The minimum atomic E-state index is 0.0725. The summed E-state index contributed by atoms with van der Waals surface area (Å²) in [6.07, 6.45) is 7.17. The first kappa shape index (κ1) is 16.6. The van der Waals surface area contributed by atoms with Crippen LogP contribution in [0.3, 0.4) is 0 Å². The number of nitrogens with zero attached hydrogens (tertiary/aromatic N) is 2. The molecule has 1 saturated carbocycles. The fourth-order valence-corrected chi connectivity index (χ4v) is 5.82. The topological polar surface area (TPSA) is 44.8 Å². The lowest BCUT2D eigenvalue weighted by atomic mass is 9.91. The highest BCUT2D eigenvalue weighted by molar-refractivity contribution is 5.78. The summed E-state index contributed by atoms with van der Waals surface area (Å²) in [6, 6.07) is 1.20. The van der Waals surface area contributed by atoms with Crippen LogP contribution < -0.4 is 5.32 Å². The van der Waals surface area contributed by atoms with Crippen LogP contribution in [0.25, 0.3) is 0 Å². The minimum absolute atomic E-state index is 0.0725. The number of amides is 2. The summed E-state index contributed by atoms with van der Waals surface area (Å²) < 4.78 is 5.49. The van der Waals surface area contributed by atoms with E-state index in [0.29, 0.717) is 12.0 Å². The average molecular weight is 335 g/mol. The van der Waals surface area contributed by atoms with Gasteiger partial charge in [-0.2, -0.15) is 0 Å². The average Bonchev–Trinajstić information content (AvgIpc) is 3.05. The van der Waals surface area contributed by atoms with Crippen molar-refractivity contribution in [1.29, 1.82) is 0 Å². The molecule has 5 nitrogen and oxygen atoms in total. The Morgan fingerprint density at radius 2 is 2.04 bits per heavy atom. The monoisotopic (exact) mass is 335 g/mol. The predicted octanol–water partition coefficient (Wildman–Crippen LogP) is 2.46. The van der Waals surface area contributed by atoms with E-state index in [4.69, 9.17) is 4.74 Å². The molecule has 0 bridgehead atoms. The first-order valence-electron chi connectivity index (χ1n) is 9.98. The van der Waals surface area contributed by atoms with Gasteiger partial charge in [-0.1, -0.05) is 0 Å². The van der Waals surface area contributed by atoms with Crippen molar-refractivity contribution < 1.29 is 9.53 Å². The number of piperidine rings is 1. The van der Waals surface area contributed by atoms with E-state index in [0.717, 1.165) is 58.0 Å². The summed E-state index contributed by atoms with van der Waals surface area (Å²) in [5, 5.41) is 3.73. The van der Waals surface area contributed by atoms with Crippen LogP contribution >= 0.6 is 0 Å². The number of ether oxygens (including phenoxy) is 1. The van der Waals surface area contributed by atoms with Gasteiger partial charge in [0, 0.05) is 38.4 Å². The third kappa shape index (κ3) is 2.84. The van der Waals surface area contributed by atoms with E-state index in [1.165, 1.54) is 19.3 Å². The van der Waals surface area contributed by atoms with E-state index in [1.807, 2.05) is 0 Å². The van der Waals surface area contributed by atoms with Crippen LogP contribution in [0.15, 0.2) is 0 Å². The first-order valence-corrected chi connectivity index (χ1v) is 9.98. The highest BCUT2D eigenvalue weighted by atomic mass is 16.5. The summed E-state index contributed by atoms with van der Waals surface area (Å²) in [5.74, 6) is 1.38. The van der Waals surface area contributed by atoms with Crippen LogP contribution in [-0.2, 0) is 4.74 Å². The van der Waals surface area contributed by atoms with E-state index in [1.54, 1.807) is 0 Å². The largest absolute Gasteiger partial charge is 0.381 e. The molecule has 2 amide bonds. The zero-order valence-electron chi connectivity index (χ0n) is 15.3. The van der Waals surface area contributed by atoms with Crippen LogP contribution in [0.1, 0.15) is 52.4 Å². The van der Waals surface area contributed by atoms with E-state index in [9.17, 15) is 4.79 Å². The molecule has 3 unspecified atom stereocenters. The fourth-order valence-electron chi connectivity index (χ4n) is 5.82. The number of rotatable bonds is 3. The number of hydrogen-bond donors (Lipinski definition) is 1. The SMILES string of the molecule is CC(C)N1C(=O)N(CC2CCOCC2)CC12CC1CCCNC1C2. The van der Waals surface area contributed by atoms with Gasteiger partial charge in [0.05, 0.1) is 5.54 Å². The van der Waals surface area contributed by atoms with Crippen molar-refractivity contribution in [2.45, 2.75) is 70.0 Å². The maximum atomic E-state index is 13.2. The van der Waals surface area contributed by atoms with Crippen molar-refractivity contribution in [3.63, 3.8) is 0 Å². The zero-order valence-corrected chi connectivity index (χ0v) is 15.3. The second kappa shape index (κ2) is 6.49. The van der Waals surface area contributed by atoms with Gasteiger partial charge < -0.3 is 19.9 Å². The Hall–Kier alpha value is -0.810. The fraction of sp³-hybridized carbons (Fsp3) is 0.947. The second-order valence-electron chi connectivity index (χ2n) is 8.78. The Morgan fingerprint density at radius 1 is 1.25 bits per heavy atom. The molecule has 1 spiro atoms. The van der Waals surface area contributed by atoms with E-state index in [-0.39, 0.29) is 17.6 Å². The van der Waals surface area contributed by atoms with Gasteiger partial charge in [0.25, 0.3) is 0 Å². The Labute approximate surface area is 146 Å². The highest BCUT2D eigenvalue weighted by Crippen LogP contribution is 2.47. The molecule has 1 aliphatic carbocycles. The molecule has 5 heteroatoms. The molecule has 0 aromatic rings. The molecule has 4 rings (SSSR count). The summed E-state index contributed by atoms with van der Waals surface area (Å²) in [7, 11) is 0. The summed E-state index contributed by atoms with van der Waals surface area (Å²) in [6.45, 7) is 9.12. The van der Waals surface area contributed by atoms with E-state index in [2.05, 4.69) is 29.0 Å². The zero-order chi connectivity index (χ0) is 16.7. The number of fused-ring (bicyclic) bond motifs is 1. The van der Waals surface area contributed by atoms with Gasteiger partial charge in [-0.05, 0) is 70.8 Å². The molecule has 4 aliphatic rings. The number of urea groups is 1. The van der Waals surface area contributed by atoms with E-state index >= 15 is 0 Å². The quantitative estimate of drug-likeness (QED) is 0.862. The van der Waals surface area contributed by atoms with Crippen LogP contribution in [0.2, 0.25) is 0 Å². The maximum Gasteiger partial charge on any atom is 0.320 e. The number of hydrogen-bond acceptors (Lipinski definition) is 3. The van der Waals surface area contributed by atoms with Crippen LogP contribution in [-0.4, -0.2) is 66.3 Å². The lowest BCUT2D eigenvalue weighted by Crippen LogP contribution is -2.49. The summed E-state index contributed by atoms with van der Waals surface area (Å²) >= 11 is 0. The van der Waals surface area contributed by atoms with Crippen LogP contribution in [0, 0.1) is 11.8 Å². The van der Waals surface area contributed by atoms with Gasteiger partial charge >= 0.3 is 6.03 Å². The molecular weight excluding hydrogens is 302 g/mol.